The number of carbonyl (C=O) groups excluding carboxylic acids is 1. The Balaban J connectivity index is 1.51. The van der Waals surface area contributed by atoms with E-state index in [0.717, 1.165) is 5.56 Å². The molecule has 32 heavy (non-hydrogen) atoms. The number of non-ortho nitro benzene ring substituents is 2. The summed E-state index contributed by atoms with van der Waals surface area (Å²) in [6.07, 6.45) is 1.53. The second kappa shape index (κ2) is 8.31. The van der Waals surface area contributed by atoms with Gasteiger partial charge in [0.2, 0.25) is 5.78 Å². The summed E-state index contributed by atoms with van der Waals surface area (Å²) in [5.41, 5.74) is 2.36. The Bertz CT molecular complexity index is 1260. The highest BCUT2D eigenvalue weighted by Gasteiger charge is 2.30. The van der Waals surface area contributed by atoms with Crippen molar-refractivity contribution in [3.8, 4) is 11.5 Å². The number of benzene rings is 3. The third-order valence-electron chi connectivity index (χ3n) is 4.98. The summed E-state index contributed by atoms with van der Waals surface area (Å²) in [5, 5.41) is 21.5. The van der Waals surface area contributed by atoms with Gasteiger partial charge in [-0.2, -0.15) is 0 Å². The number of ether oxygens (including phenoxy) is 2. The minimum absolute atomic E-state index is 0.00158. The van der Waals surface area contributed by atoms with Crippen molar-refractivity contribution in [1.82, 2.24) is 0 Å². The van der Waals surface area contributed by atoms with E-state index in [2.05, 4.69) is 0 Å². The molecule has 0 saturated heterocycles. The van der Waals surface area contributed by atoms with Gasteiger partial charge in [-0.3, -0.25) is 25.0 Å². The number of hydrogen-bond donors (Lipinski definition) is 0. The van der Waals surface area contributed by atoms with E-state index < -0.39 is 9.85 Å². The van der Waals surface area contributed by atoms with E-state index in [1.54, 1.807) is 31.2 Å². The Morgan fingerprint density at radius 3 is 2.09 bits per heavy atom. The van der Waals surface area contributed by atoms with Crippen LogP contribution in [0.4, 0.5) is 11.4 Å². The van der Waals surface area contributed by atoms with E-state index in [9.17, 15) is 25.0 Å². The first-order valence-electron chi connectivity index (χ1n) is 9.52. The van der Waals surface area contributed by atoms with Crippen LogP contribution in [0.2, 0.25) is 0 Å². The monoisotopic (exact) mass is 432 g/mol. The molecular weight excluding hydrogens is 416 g/mol. The number of nitrogens with zero attached hydrogens (tertiary/aromatic N) is 2. The number of nitro groups is 2. The first-order chi connectivity index (χ1) is 15.3. The van der Waals surface area contributed by atoms with E-state index in [0.29, 0.717) is 28.2 Å². The van der Waals surface area contributed by atoms with Crippen molar-refractivity contribution in [2.75, 3.05) is 0 Å². The third kappa shape index (κ3) is 4.04. The number of hydrogen-bond acceptors (Lipinski definition) is 7. The van der Waals surface area contributed by atoms with Gasteiger partial charge in [-0.05, 0) is 60.5 Å². The largest absolute Gasteiger partial charge is 0.488 e. The topological polar surface area (TPSA) is 122 Å². The molecule has 0 bridgehead atoms. The van der Waals surface area contributed by atoms with E-state index in [-0.39, 0.29) is 29.5 Å². The van der Waals surface area contributed by atoms with Crippen molar-refractivity contribution in [3.63, 3.8) is 0 Å². The van der Waals surface area contributed by atoms with Crippen molar-refractivity contribution < 1.29 is 24.1 Å². The molecule has 0 aliphatic carbocycles. The molecule has 160 valence electrons. The number of fused-ring (bicyclic) bond motifs is 1. The fourth-order valence-electron chi connectivity index (χ4n) is 3.24. The van der Waals surface area contributed by atoms with Crippen LogP contribution in [0.3, 0.4) is 0 Å². The second-order valence-corrected chi connectivity index (χ2v) is 7.07. The van der Waals surface area contributed by atoms with Gasteiger partial charge in [-0.15, -0.1) is 0 Å². The van der Waals surface area contributed by atoms with Crippen LogP contribution in [-0.2, 0) is 6.61 Å². The first kappa shape index (κ1) is 20.7. The van der Waals surface area contributed by atoms with Gasteiger partial charge in [0.05, 0.1) is 15.4 Å². The Kier molecular flexibility index (Phi) is 5.38. The van der Waals surface area contributed by atoms with Gasteiger partial charge in [0.15, 0.2) is 5.76 Å². The summed E-state index contributed by atoms with van der Waals surface area (Å²) in [7, 11) is 0. The van der Waals surface area contributed by atoms with E-state index >= 15 is 0 Å². The van der Waals surface area contributed by atoms with Crippen LogP contribution in [0, 0.1) is 27.2 Å². The van der Waals surface area contributed by atoms with Crippen LogP contribution in [-0.4, -0.2) is 15.6 Å². The quantitative estimate of drug-likeness (QED) is 0.305. The molecule has 0 amide bonds. The summed E-state index contributed by atoms with van der Waals surface area (Å²) in [4.78, 5) is 33.3. The lowest BCUT2D eigenvalue weighted by Gasteiger charge is -2.11. The lowest BCUT2D eigenvalue weighted by atomic mass is 10.1. The molecule has 3 aromatic carbocycles. The molecular formula is C23H16N2O7. The molecule has 0 saturated carbocycles. The summed E-state index contributed by atoms with van der Waals surface area (Å²) >= 11 is 0. The number of Topliss-reactive ketones (excluding diaryl/α,β-unsaturated/α-hetero) is 1. The molecule has 4 rings (SSSR count). The van der Waals surface area contributed by atoms with Crippen molar-refractivity contribution in [2.24, 2.45) is 0 Å². The van der Waals surface area contributed by atoms with E-state index in [1.807, 2.05) is 0 Å². The molecule has 0 radical (unpaired) electrons. The second-order valence-electron chi connectivity index (χ2n) is 7.07. The van der Waals surface area contributed by atoms with Gasteiger partial charge in [0.25, 0.3) is 11.4 Å². The lowest BCUT2D eigenvalue weighted by molar-refractivity contribution is -0.385. The predicted octanol–water partition coefficient (Wildman–Crippen LogP) is 5.01. The summed E-state index contributed by atoms with van der Waals surface area (Å²) in [6, 6.07) is 15.1. The SMILES string of the molecule is Cc1c(OCc2ccc([N+](=O)[O-])cc2)ccc2c1O/C(=C\c1ccc([N+](=O)[O-])cc1)C2=O. The fraction of sp³-hybridized carbons (Fsp3) is 0.0870. The Morgan fingerprint density at radius 1 is 0.906 bits per heavy atom. The highest BCUT2D eigenvalue weighted by molar-refractivity contribution is 6.15. The normalized spacial score (nSPS) is 13.5. The molecule has 1 aliphatic heterocycles. The first-order valence-corrected chi connectivity index (χ1v) is 9.52. The van der Waals surface area contributed by atoms with E-state index in [1.165, 1.54) is 42.5 Å². The zero-order valence-corrected chi connectivity index (χ0v) is 16.8. The lowest BCUT2D eigenvalue weighted by Crippen LogP contribution is -1.99. The molecule has 1 aliphatic rings. The molecule has 9 nitrogen and oxygen atoms in total. The number of nitro benzene ring substituents is 2. The smallest absolute Gasteiger partial charge is 0.269 e. The fourth-order valence-corrected chi connectivity index (χ4v) is 3.24. The maximum absolute atomic E-state index is 12.7. The number of ketones is 1. The van der Waals surface area contributed by atoms with Gasteiger partial charge in [0.1, 0.15) is 18.1 Å². The number of allylic oxidation sites excluding steroid dienone is 1. The van der Waals surface area contributed by atoms with Crippen molar-refractivity contribution >= 4 is 23.2 Å². The molecule has 0 N–H and O–H groups in total. The molecule has 0 unspecified atom stereocenters. The predicted molar refractivity (Wildman–Crippen MR) is 115 cm³/mol. The van der Waals surface area contributed by atoms with Gasteiger partial charge < -0.3 is 9.47 Å². The maximum Gasteiger partial charge on any atom is 0.269 e. The van der Waals surface area contributed by atoms with Crippen LogP contribution < -0.4 is 9.47 Å². The molecule has 0 aromatic heterocycles. The Morgan fingerprint density at radius 2 is 1.50 bits per heavy atom. The van der Waals surface area contributed by atoms with Crippen LogP contribution in [0.1, 0.15) is 27.0 Å². The standard InChI is InChI=1S/C23H16N2O7/c1-14-20(31-13-16-4-8-18(9-5-16)25(29)30)11-10-19-22(26)21(32-23(14)19)12-15-2-6-17(7-3-15)24(27)28/h2-12H,13H2,1H3/b21-12-. The molecule has 1 heterocycles. The molecule has 9 heteroatoms. The van der Waals surface area contributed by atoms with Crippen LogP contribution >= 0.6 is 0 Å². The molecule has 0 fully saturated rings. The minimum Gasteiger partial charge on any atom is -0.488 e. The Hall–Kier alpha value is -4.53. The molecule has 0 spiro atoms. The number of rotatable bonds is 6. The molecule has 0 atom stereocenters. The maximum atomic E-state index is 12.7. The van der Waals surface area contributed by atoms with Crippen LogP contribution in [0.15, 0.2) is 66.4 Å². The molecule has 3 aromatic rings. The zero-order valence-electron chi connectivity index (χ0n) is 16.8. The summed E-state index contributed by atoms with van der Waals surface area (Å²) in [5.74, 6) is 0.740. The van der Waals surface area contributed by atoms with Crippen molar-refractivity contribution in [3.05, 3.63) is 109 Å². The van der Waals surface area contributed by atoms with Crippen molar-refractivity contribution in [2.45, 2.75) is 13.5 Å². The van der Waals surface area contributed by atoms with Crippen molar-refractivity contribution in [1.29, 1.82) is 0 Å². The summed E-state index contributed by atoms with van der Waals surface area (Å²) in [6.45, 7) is 1.96. The van der Waals surface area contributed by atoms with Crippen LogP contribution in [0.25, 0.3) is 6.08 Å². The number of carbonyl (C=O) groups is 1. The Labute approximate surface area is 181 Å². The van der Waals surface area contributed by atoms with Gasteiger partial charge in [-0.25, -0.2) is 0 Å². The van der Waals surface area contributed by atoms with Gasteiger partial charge >= 0.3 is 0 Å². The minimum atomic E-state index is -0.494. The average Bonchev–Trinajstić information content (AvgIpc) is 3.10. The zero-order chi connectivity index (χ0) is 22.8. The van der Waals surface area contributed by atoms with Gasteiger partial charge in [0, 0.05) is 29.8 Å². The summed E-state index contributed by atoms with van der Waals surface area (Å²) < 4.78 is 11.6. The van der Waals surface area contributed by atoms with Crippen LogP contribution in [0.5, 0.6) is 11.5 Å². The average molecular weight is 432 g/mol. The highest BCUT2D eigenvalue weighted by atomic mass is 16.6. The third-order valence-corrected chi connectivity index (χ3v) is 4.98. The van der Waals surface area contributed by atoms with Gasteiger partial charge in [-0.1, -0.05) is 0 Å². The van der Waals surface area contributed by atoms with E-state index in [4.69, 9.17) is 9.47 Å². The highest BCUT2D eigenvalue weighted by Crippen LogP contribution is 2.39.